The van der Waals surface area contributed by atoms with Crippen LogP contribution in [0, 0.1) is 0 Å². The van der Waals surface area contributed by atoms with Crippen molar-refractivity contribution in [2.24, 2.45) is 0 Å². The van der Waals surface area contributed by atoms with Gasteiger partial charge in [0.25, 0.3) is 5.91 Å². The normalized spacial score (nSPS) is 14.3. The van der Waals surface area contributed by atoms with Gasteiger partial charge in [0.15, 0.2) is 0 Å². The van der Waals surface area contributed by atoms with E-state index < -0.39 is 0 Å². The number of fused-ring (bicyclic) bond motifs is 3. The average Bonchev–Trinajstić information content (AvgIpc) is 2.84. The number of methoxy groups -OCH3 is 1. The Morgan fingerprint density at radius 3 is 2.79 bits per heavy atom. The summed E-state index contributed by atoms with van der Waals surface area (Å²) in [6.45, 7) is 2.99. The molecule has 1 aliphatic rings. The Bertz CT molecular complexity index is 1080. The average molecular weight is 445 g/mol. The number of carbonyl (C=O) groups excluding carboxylic acids is 1. The maximum atomic E-state index is 12.9. The van der Waals surface area contributed by atoms with Crippen LogP contribution in [0.3, 0.4) is 0 Å². The molecule has 0 aromatic heterocycles. The first-order valence-electron chi connectivity index (χ1n) is 11.7. The summed E-state index contributed by atoms with van der Waals surface area (Å²) in [5.41, 5.74) is 5.09. The van der Waals surface area contributed by atoms with Crippen LogP contribution < -0.4 is 20.1 Å². The minimum absolute atomic E-state index is 0.110. The van der Waals surface area contributed by atoms with Crippen LogP contribution >= 0.6 is 0 Å². The lowest BCUT2D eigenvalue weighted by Gasteiger charge is -2.15. The van der Waals surface area contributed by atoms with Gasteiger partial charge in [0.2, 0.25) is 0 Å². The third kappa shape index (κ3) is 6.36. The zero-order valence-electron chi connectivity index (χ0n) is 19.2. The summed E-state index contributed by atoms with van der Waals surface area (Å²) in [5.74, 6) is 1.52. The van der Waals surface area contributed by atoms with Gasteiger partial charge < -0.3 is 20.1 Å². The fraction of sp³-hybridized carbons (Fsp3) is 0.321. The van der Waals surface area contributed by atoms with Crippen molar-refractivity contribution in [2.75, 3.05) is 20.3 Å². The van der Waals surface area contributed by atoms with Crippen molar-refractivity contribution in [3.05, 3.63) is 94.5 Å². The van der Waals surface area contributed by atoms with Gasteiger partial charge in [0, 0.05) is 30.6 Å². The first kappa shape index (κ1) is 22.9. The quantitative estimate of drug-likeness (QED) is 0.603. The Balaban J connectivity index is 1.54. The predicted octanol–water partition coefficient (Wildman–Crippen LogP) is 4.87. The number of benzene rings is 3. The zero-order chi connectivity index (χ0) is 22.9. The molecule has 1 aliphatic heterocycles. The van der Waals surface area contributed by atoms with E-state index in [4.69, 9.17) is 9.47 Å². The number of carbonyl (C=O) groups is 1. The Morgan fingerprint density at radius 1 is 1.00 bits per heavy atom. The Labute approximate surface area is 196 Å². The largest absolute Gasteiger partial charge is 0.496 e. The van der Waals surface area contributed by atoms with Crippen molar-refractivity contribution in [3.8, 4) is 11.5 Å². The van der Waals surface area contributed by atoms with Gasteiger partial charge in [-0.25, -0.2) is 0 Å². The molecule has 0 atom stereocenters. The summed E-state index contributed by atoms with van der Waals surface area (Å²) in [6, 6.07) is 22.1. The molecular formula is C28H32N2O3. The van der Waals surface area contributed by atoms with Crippen molar-refractivity contribution >= 4 is 5.91 Å². The molecule has 4 rings (SSSR count). The maximum absolute atomic E-state index is 12.9. The SMILES string of the molecule is COc1ccccc1CNC(=O)c1ccc2c(c1)Cc1cccc(c1)CNCCCCCO2. The summed E-state index contributed by atoms with van der Waals surface area (Å²) >= 11 is 0. The molecule has 1 heterocycles. The lowest BCUT2D eigenvalue weighted by atomic mass is 9.99. The second-order valence-corrected chi connectivity index (χ2v) is 8.40. The standard InChI is InChI=1S/C28H32N2O3/c1-32-26-11-4-3-10-24(26)20-30-28(31)23-12-13-27-25(18-23)17-21-8-7-9-22(16-21)19-29-14-5-2-6-15-33-27/h3-4,7-13,16,18,29H,2,5-6,14-15,17,19-20H2,1H3,(H,30,31). The highest BCUT2D eigenvalue weighted by atomic mass is 16.5. The van der Waals surface area contributed by atoms with Crippen molar-refractivity contribution < 1.29 is 14.3 Å². The highest BCUT2D eigenvalue weighted by Crippen LogP contribution is 2.25. The molecule has 5 nitrogen and oxygen atoms in total. The van der Waals surface area contributed by atoms with E-state index in [9.17, 15) is 4.79 Å². The summed E-state index contributed by atoms with van der Waals surface area (Å²) in [7, 11) is 1.64. The highest BCUT2D eigenvalue weighted by molar-refractivity contribution is 5.94. The van der Waals surface area contributed by atoms with Crippen LogP contribution in [0.2, 0.25) is 0 Å². The summed E-state index contributed by atoms with van der Waals surface area (Å²) in [6.07, 6.45) is 4.01. The predicted molar refractivity (Wildman–Crippen MR) is 131 cm³/mol. The lowest BCUT2D eigenvalue weighted by Crippen LogP contribution is -2.23. The number of amides is 1. The van der Waals surface area contributed by atoms with Crippen molar-refractivity contribution in [1.29, 1.82) is 0 Å². The molecule has 33 heavy (non-hydrogen) atoms. The minimum atomic E-state index is -0.110. The van der Waals surface area contributed by atoms with E-state index >= 15 is 0 Å². The van der Waals surface area contributed by atoms with Crippen molar-refractivity contribution in [2.45, 2.75) is 38.8 Å². The van der Waals surface area contributed by atoms with Gasteiger partial charge in [0.1, 0.15) is 11.5 Å². The highest BCUT2D eigenvalue weighted by Gasteiger charge is 2.13. The fourth-order valence-corrected chi connectivity index (χ4v) is 4.14. The molecule has 2 N–H and O–H groups in total. The summed E-state index contributed by atoms with van der Waals surface area (Å²) in [4.78, 5) is 12.9. The van der Waals surface area contributed by atoms with Gasteiger partial charge in [-0.2, -0.15) is 0 Å². The van der Waals surface area contributed by atoms with Crippen LogP contribution in [0.15, 0.2) is 66.7 Å². The molecule has 0 fully saturated rings. The van der Waals surface area contributed by atoms with Crippen LogP contribution in [0.5, 0.6) is 11.5 Å². The van der Waals surface area contributed by atoms with E-state index in [2.05, 4.69) is 34.9 Å². The van der Waals surface area contributed by atoms with Crippen LogP contribution in [0.1, 0.15) is 51.9 Å². The van der Waals surface area contributed by atoms with E-state index in [1.165, 1.54) is 11.1 Å². The van der Waals surface area contributed by atoms with Gasteiger partial charge in [0.05, 0.1) is 13.7 Å². The van der Waals surface area contributed by atoms with Crippen molar-refractivity contribution in [3.63, 3.8) is 0 Å². The van der Waals surface area contributed by atoms with E-state index in [1.54, 1.807) is 7.11 Å². The molecule has 3 aromatic carbocycles. The topological polar surface area (TPSA) is 59.6 Å². The van der Waals surface area contributed by atoms with Crippen LogP contribution in [-0.4, -0.2) is 26.2 Å². The molecule has 0 saturated carbocycles. The Morgan fingerprint density at radius 2 is 1.88 bits per heavy atom. The van der Waals surface area contributed by atoms with Crippen LogP contribution in [0.4, 0.5) is 0 Å². The molecule has 0 spiro atoms. The van der Waals surface area contributed by atoms with Gasteiger partial charge in [-0.05, 0) is 66.8 Å². The number of rotatable bonds is 4. The van der Waals surface area contributed by atoms with Crippen molar-refractivity contribution in [1.82, 2.24) is 10.6 Å². The van der Waals surface area contributed by atoms with E-state index in [-0.39, 0.29) is 5.91 Å². The number of hydrogen-bond donors (Lipinski definition) is 2. The van der Waals surface area contributed by atoms with E-state index in [0.29, 0.717) is 18.7 Å². The molecule has 0 aliphatic carbocycles. The molecule has 172 valence electrons. The van der Waals surface area contributed by atoms with Gasteiger partial charge in [-0.3, -0.25) is 4.79 Å². The second kappa shape index (κ2) is 11.5. The molecule has 1 amide bonds. The molecule has 0 radical (unpaired) electrons. The number of ether oxygens (including phenoxy) is 2. The lowest BCUT2D eigenvalue weighted by molar-refractivity contribution is 0.0950. The van der Waals surface area contributed by atoms with Crippen LogP contribution in [-0.2, 0) is 19.5 Å². The number of hydrogen-bond acceptors (Lipinski definition) is 4. The van der Waals surface area contributed by atoms with Crippen LogP contribution in [0.25, 0.3) is 0 Å². The molecule has 2 bridgehead atoms. The first-order valence-corrected chi connectivity index (χ1v) is 11.7. The summed E-state index contributed by atoms with van der Waals surface area (Å²) < 4.78 is 11.5. The first-order chi connectivity index (χ1) is 16.2. The summed E-state index contributed by atoms with van der Waals surface area (Å²) in [5, 5.41) is 6.54. The third-order valence-electron chi connectivity index (χ3n) is 5.93. The van der Waals surface area contributed by atoms with E-state index in [1.807, 2.05) is 42.5 Å². The molecule has 0 unspecified atom stereocenters. The molecule has 0 saturated heterocycles. The smallest absolute Gasteiger partial charge is 0.251 e. The number of para-hydroxylation sites is 1. The minimum Gasteiger partial charge on any atom is -0.496 e. The molecule has 5 heteroatoms. The Hall–Kier alpha value is -3.31. The fourth-order valence-electron chi connectivity index (χ4n) is 4.14. The Kier molecular flexibility index (Phi) is 7.99. The van der Waals surface area contributed by atoms with Gasteiger partial charge in [-0.1, -0.05) is 42.5 Å². The molecule has 3 aromatic rings. The second-order valence-electron chi connectivity index (χ2n) is 8.40. The molecular weight excluding hydrogens is 412 g/mol. The van der Waals surface area contributed by atoms with Gasteiger partial charge >= 0.3 is 0 Å². The monoisotopic (exact) mass is 444 g/mol. The third-order valence-corrected chi connectivity index (χ3v) is 5.93. The van der Waals surface area contributed by atoms with Gasteiger partial charge in [-0.15, -0.1) is 0 Å². The number of nitrogens with one attached hydrogen (secondary N) is 2. The maximum Gasteiger partial charge on any atom is 0.251 e. The van der Waals surface area contributed by atoms with E-state index in [0.717, 1.165) is 61.4 Å². The zero-order valence-corrected chi connectivity index (χ0v) is 19.2.